The largest absolute Gasteiger partial charge is 0.317 e. The van der Waals surface area contributed by atoms with Gasteiger partial charge >= 0.3 is 0 Å². The van der Waals surface area contributed by atoms with Gasteiger partial charge in [-0.15, -0.1) is 0 Å². The molecular formula is C22H37NO. The Morgan fingerprint density at radius 2 is 1.62 bits per heavy atom. The molecular weight excluding hydrogens is 294 g/mol. The molecule has 0 aromatic heterocycles. The molecule has 4 saturated carbocycles. The molecule has 2 nitrogen and oxygen atoms in total. The van der Waals surface area contributed by atoms with Crippen LogP contribution in [0.25, 0.3) is 0 Å². The van der Waals surface area contributed by atoms with E-state index < -0.39 is 0 Å². The van der Waals surface area contributed by atoms with Crippen LogP contribution in [0.1, 0.15) is 78.6 Å². The molecule has 0 aliphatic heterocycles. The monoisotopic (exact) mass is 331 g/mol. The molecule has 4 aliphatic carbocycles. The molecule has 4 aliphatic rings. The number of ketones is 1. The van der Waals surface area contributed by atoms with Crippen LogP contribution in [0.4, 0.5) is 0 Å². The van der Waals surface area contributed by atoms with E-state index in [0.717, 1.165) is 29.7 Å². The first-order valence-electron chi connectivity index (χ1n) is 10.6. The summed E-state index contributed by atoms with van der Waals surface area (Å²) in [7, 11) is 2.14. The van der Waals surface area contributed by atoms with Crippen LogP contribution in [-0.2, 0) is 4.79 Å². The van der Waals surface area contributed by atoms with Crippen molar-refractivity contribution in [2.75, 3.05) is 7.05 Å². The van der Waals surface area contributed by atoms with Crippen LogP contribution in [-0.4, -0.2) is 18.9 Å². The number of Topliss-reactive ketones (excluding diaryl/α,β-unsaturated/α-hetero) is 1. The molecule has 24 heavy (non-hydrogen) atoms. The van der Waals surface area contributed by atoms with Gasteiger partial charge in [-0.1, -0.05) is 13.8 Å². The summed E-state index contributed by atoms with van der Waals surface area (Å²) in [5.74, 6) is 4.41. The lowest BCUT2D eigenvalue weighted by atomic mass is 9.44. The van der Waals surface area contributed by atoms with E-state index >= 15 is 0 Å². The van der Waals surface area contributed by atoms with Crippen molar-refractivity contribution >= 4 is 5.78 Å². The molecule has 0 amide bonds. The highest BCUT2D eigenvalue weighted by Gasteiger charge is 2.60. The van der Waals surface area contributed by atoms with Gasteiger partial charge in [0.25, 0.3) is 0 Å². The van der Waals surface area contributed by atoms with E-state index in [4.69, 9.17) is 0 Å². The molecule has 0 aromatic carbocycles. The van der Waals surface area contributed by atoms with Crippen molar-refractivity contribution in [2.45, 2.75) is 84.6 Å². The second kappa shape index (κ2) is 5.83. The SMILES string of the molecule is CN[C@H]1CC[C@@]2(C)[C@@H](CC[C@@H]3[C@@H]2CC[C@]2(C)[C@@H](C(C)=O)CC[C@@H]32)C1. The molecule has 0 spiro atoms. The van der Waals surface area contributed by atoms with Gasteiger partial charge in [0.15, 0.2) is 0 Å². The number of nitrogens with one attached hydrogen (secondary N) is 1. The third-order valence-corrected chi connectivity index (χ3v) is 9.56. The van der Waals surface area contributed by atoms with E-state index in [1.165, 1.54) is 57.8 Å². The lowest BCUT2D eigenvalue weighted by Crippen LogP contribution is -2.55. The Kier molecular flexibility index (Phi) is 4.14. The molecule has 0 radical (unpaired) electrons. The zero-order chi connectivity index (χ0) is 17.1. The molecule has 0 heterocycles. The van der Waals surface area contributed by atoms with Crippen molar-refractivity contribution in [1.29, 1.82) is 0 Å². The summed E-state index contributed by atoms with van der Waals surface area (Å²) in [5, 5.41) is 3.55. The van der Waals surface area contributed by atoms with Crippen molar-refractivity contribution in [3.8, 4) is 0 Å². The van der Waals surface area contributed by atoms with Gasteiger partial charge in [-0.05, 0) is 106 Å². The van der Waals surface area contributed by atoms with Crippen LogP contribution >= 0.6 is 0 Å². The van der Waals surface area contributed by atoms with Gasteiger partial charge in [0.1, 0.15) is 5.78 Å². The fourth-order valence-corrected chi connectivity index (χ4v) is 8.19. The molecule has 8 atom stereocenters. The van der Waals surface area contributed by atoms with E-state index in [-0.39, 0.29) is 0 Å². The van der Waals surface area contributed by atoms with Crippen molar-refractivity contribution in [1.82, 2.24) is 5.32 Å². The average molecular weight is 332 g/mol. The predicted molar refractivity (Wildman–Crippen MR) is 98.7 cm³/mol. The van der Waals surface area contributed by atoms with E-state index in [0.29, 0.717) is 22.5 Å². The van der Waals surface area contributed by atoms with Gasteiger partial charge < -0.3 is 5.32 Å². The Balaban J connectivity index is 1.59. The maximum atomic E-state index is 12.2. The summed E-state index contributed by atoms with van der Waals surface area (Å²) in [6.07, 6.45) is 12.2. The number of hydrogen-bond donors (Lipinski definition) is 1. The highest BCUT2D eigenvalue weighted by Crippen LogP contribution is 2.67. The summed E-state index contributed by atoms with van der Waals surface area (Å²) in [5.41, 5.74) is 0.893. The number of fused-ring (bicyclic) bond motifs is 5. The van der Waals surface area contributed by atoms with Gasteiger partial charge in [-0.3, -0.25) is 4.79 Å². The topological polar surface area (TPSA) is 29.1 Å². The normalized spacial score (nSPS) is 53.8. The summed E-state index contributed by atoms with van der Waals surface area (Å²) >= 11 is 0. The maximum Gasteiger partial charge on any atom is 0.133 e. The first kappa shape index (κ1) is 17.1. The summed E-state index contributed by atoms with van der Waals surface area (Å²) in [6.45, 7) is 6.96. The van der Waals surface area contributed by atoms with Gasteiger partial charge in [0.05, 0.1) is 0 Å². The Morgan fingerprint density at radius 3 is 2.33 bits per heavy atom. The molecule has 2 heteroatoms. The van der Waals surface area contributed by atoms with E-state index in [1.54, 1.807) is 0 Å². The quantitative estimate of drug-likeness (QED) is 0.786. The van der Waals surface area contributed by atoms with Crippen LogP contribution in [0.15, 0.2) is 0 Å². The van der Waals surface area contributed by atoms with Crippen molar-refractivity contribution in [2.24, 2.45) is 40.4 Å². The fourth-order valence-electron chi connectivity index (χ4n) is 8.19. The van der Waals surface area contributed by atoms with Crippen LogP contribution in [0.3, 0.4) is 0 Å². The number of hydrogen-bond acceptors (Lipinski definition) is 2. The second-order valence-electron chi connectivity index (χ2n) is 10.2. The molecule has 0 saturated heterocycles. The zero-order valence-electron chi connectivity index (χ0n) is 16.2. The fraction of sp³-hybridized carbons (Fsp3) is 0.955. The third kappa shape index (κ3) is 2.27. The van der Waals surface area contributed by atoms with Crippen molar-refractivity contribution in [3.63, 3.8) is 0 Å². The van der Waals surface area contributed by atoms with Crippen molar-refractivity contribution < 1.29 is 4.79 Å². The average Bonchev–Trinajstić information content (AvgIpc) is 2.91. The highest BCUT2D eigenvalue weighted by atomic mass is 16.1. The molecule has 0 aromatic rings. The Bertz CT molecular complexity index is 516. The van der Waals surface area contributed by atoms with Gasteiger partial charge in [-0.2, -0.15) is 0 Å². The first-order valence-corrected chi connectivity index (χ1v) is 10.6. The lowest BCUT2D eigenvalue weighted by Gasteiger charge is -2.61. The Morgan fingerprint density at radius 1 is 0.917 bits per heavy atom. The Labute approximate surface area is 148 Å². The van der Waals surface area contributed by atoms with E-state index in [9.17, 15) is 4.79 Å². The molecule has 4 fully saturated rings. The van der Waals surface area contributed by atoms with Crippen LogP contribution in [0.5, 0.6) is 0 Å². The zero-order valence-corrected chi connectivity index (χ0v) is 16.2. The van der Waals surface area contributed by atoms with Gasteiger partial charge in [-0.25, -0.2) is 0 Å². The minimum absolute atomic E-state index is 0.318. The molecule has 0 unspecified atom stereocenters. The van der Waals surface area contributed by atoms with Crippen molar-refractivity contribution in [3.05, 3.63) is 0 Å². The van der Waals surface area contributed by atoms with Crippen LogP contribution in [0, 0.1) is 40.4 Å². The highest BCUT2D eigenvalue weighted by molar-refractivity contribution is 5.79. The number of carbonyl (C=O) groups excluding carboxylic acids is 1. The van der Waals surface area contributed by atoms with E-state index in [1.807, 2.05) is 6.92 Å². The number of carbonyl (C=O) groups is 1. The summed E-state index contributed by atoms with van der Waals surface area (Å²) < 4.78 is 0. The van der Waals surface area contributed by atoms with Gasteiger partial charge in [0, 0.05) is 12.0 Å². The molecule has 4 rings (SSSR count). The summed E-state index contributed by atoms with van der Waals surface area (Å²) in [4.78, 5) is 12.2. The summed E-state index contributed by atoms with van der Waals surface area (Å²) in [6, 6.07) is 0.752. The second-order valence-corrected chi connectivity index (χ2v) is 10.2. The Hall–Kier alpha value is -0.370. The van der Waals surface area contributed by atoms with Gasteiger partial charge in [0.2, 0.25) is 0 Å². The van der Waals surface area contributed by atoms with E-state index in [2.05, 4.69) is 26.2 Å². The molecule has 1 N–H and O–H groups in total. The van der Waals surface area contributed by atoms with Crippen LogP contribution in [0.2, 0.25) is 0 Å². The molecule has 0 bridgehead atoms. The first-order chi connectivity index (χ1) is 11.4. The minimum Gasteiger partial charge on any atom is -0.317 e. The minimum atomic E-state index is 0.318. The lowest BCUT2D eigenvalue weighted by molar-refractivity contribution is -0.134. The predicted octanol–water partition coefficient (Wildman–Crippen LogP) is 4.82. The number of rotatable bonds is 2. The smallest absolute Gasteiger partial charge is 0.133 e. The maximum absolute atomic E-state index is 12.2. The standard InChI is InChI=1S/C22H37NO/c1-14(24)18-7-8-19-17-6-5-15-13-16(23-4)9-11-21(15,2)20(17)10-12-22(18,19)3/h15-20,23H,5-13H2,1-4H3/t15-,16-,17-,18+,19-,20-,21-,22+/m0/s1. The third-order valence-electron chi connectivity index (χ3n) is 9.56. The van der Waals surface area contributed by atoms with Crippen LogP contribution < -0.4 is 5.32 Å². The molecule has 136 valence electrons.